The van der Waals surface area contributed by atoms with E-state index in [1.54, 1.807) is 13.1 Å². The third-order valence-electron chi connectivity index (χ3n) is 3.94. The van der Waals surface area contributed by atoms with E-state index in [1.165, 1.54) is 25.3 Å². The van der Waals surface area contributed by atoms with Crippen LogP contribution in [0.5, 0.6) is 0 Å². The predicted octanol–water partition coefficient (Wildman–Crippen LogP) is 3.55. The fourth-order valence-electron chi connectivity index (χ4n) is 2.68. The number of guanidine groups is 1. The van der Waals surface area contributed by atoms with Crippen LogP contribution in [0.25, 0.3) is 0 Å². The summed E-state index contributed by atoms with van der Waals surface area (Å²) >= 11 is 0. The van der Waals surface area contributed by atoms with Gasteiger partial charge in [0.05, 0.1) is 12.1 Å². The van der Waals surface area contributed by atoms with Gasteiger partial charge in [0.2, 0.25) is 0 Å². The van der Waals surface area contributed by atoms with Crippen molar-refractivity contribution in [1.29, 1.82) is 0 Å². The zero-order chi connectivity index (χ0) is 17.4. The Hall–Kier alpha value is -2.16. The molecule has 1 aliphatic carbocycles. The summed E-state index contributed by atoms with van der Waals surface area (Å²) in [5, 5.41) is 6.43. The summed E-state index contributed by atoms with van der Waals surface area (Å²) in [6, 6.07) is 5.46. The third-order valence-corrected chi connectivity index (χ3v) is 3.94. The minimum atomic E-state index is -4.35. The van der Waals surface area contributed by atoms with E-state index in [-0.39, 0.29) is 0 Å². The highest BCUT2D eigenvalue weighted by Crippen LogP contribution is 2.29. The van der Waals surface area contributed by atoms with Crippen LogP contribution in [0.4, 0.5) is 13.2 Å². The standard InChI is InChI=1S/C18H22F3N3/c1-22-17(24-16-10-3-2-4-11-16)23-12-6-8-14-7-5-9-15(13-14)18(19,20)21/h5,7,9,13,16H,2-4,10-12H2,1H3,(H2,22,23,24). The summed E-state index contributed by atoms with van der Waals surface area (Å²) in [4.78, 5) is 4.15. The minimum absolute atomic E-state index is 0.322. The summed E-state index contributed by atoms with van der Waals surface area (Å²) in [6.45, 7) is 0.322. The van der Waals surface area contributed by atoms with Crippen LogP contribution in [-0.4, -0.2) is 25.6 Å². The molecule has 1 aromatic carbocycles. The van der Waals surface area contributed by atoms with Gasteiger partial charge in [0.15, 0.2) is 5.96 Å². The van der Waals surface area contributed by atoms with Crippen LogP contribution in [0.15, 0.2) is 29.3 Å². The normalized spacial score (nSPS) is 16.2. The average Bonchev–Trinajstić information content (AvgIpc) is 2.58. The average molecular weight is 337 g/mol. The van der Waals surface area contributed by atoms with Gasteiger partial charge in [0, 0.05) is 18.7 Å². The number of halogens is 3. The maximum atomic E-state index is 12.6. The first kappa shape index (κ1) is 18.2. The van der Waals surface area contributed by atoms with Crippen LogP contribution >= 0.6 is 0 Å². The molecule has 1 fully saturated rings. The fraction of sp³-hybridized carbons (Fsp3) is 0.500. The molecule has 3 nitrogen and oxygen atoms in total. The molecule has 0 amide bonds. The van der Waals surface area contributed by atoms with E-state index in [0.29, 0.717) is 24.1 Å². The predicted molar refractivity (Wildman–Crippen MR) is 89.7 cm³/mol. The molecule has 0 bridgehead atoms. The molecule has 0 aromatic heterocycles. The van der Waals surface area contributed by atoms with E-state index in [9.17, 15) is 13.2 Å². The van der Waals surface area contributed by atoms with Crippen LogP contribution in [0.1, 0.15) is 43.2 Å². The molecule has 1 aromatic rings. The molecule has 0 atom stereocenters. The molecule has 0 radical (unpaired) electrons. The van der Waals surface area contributed by atoms with Crippen molar-refractivity contribution in [1.82, 2.24) is 10.6 Å². The molecule has 0 spiro atoms. The largest absolute Gasteiger partial charge is 0.416 e. The van der Waals surface area contributed by atoms with Crippen molar-refractivity contribution >= 4 is 5.96 Å². The van der Waals surface area contributed by atoms with Crippen molar-refractivity contribution in [3.05, 3.63) is 35.4 Å². The van der Waals surface area contributed by atoms with Gasteiger partial charge < -0.3 is 10.6 Å². The van der Waals surface area contributed by atoms with Gasteiger partial charge in [-0.25, -0.2) is 0 Å². The number of nitrogens with zero attached hydrogens (tertiary/aromatic N) is 1. The molecule has 0 saturated heterocycles. The molecule has 6 heteroatoms. The second-order valence-corrected chi connectivity index (χ2v) is 5.79. The van der Waals surface area contributed by atoms with Crippen LogP contribution in [0.3, 0.4) is 0 Å². The van der Waals surface area contributed by atoms with Crippen LogP contribution in [0, 0.1) is 11.8 Å². The van der Waals surface area contributed by atoms with Gasteiger partial charge in [0.1, 0.15) is 0 Å². The van der Waals surface area contributed by atoms with Gasteiger partial charge in [-0.3, -0.25) is 4.99 Å². The SMILES string of the molecule is CN=C(NCC#Cc1cccc(C(F)(F)F)c1)NC1CCCCC1. The lowest BCUT2D eigenvalue weighted by Gasteiger charge is -2.24. The Morgan fingerprint density at radius 1 is 1.25 bits per heavy atom. The number of alkyl halides is 3. The highest BCUT2D eigenvalue weighted by Gasteiger charge is 2.30. The molecule has 1 aliphatic rings. The van der Waals surface area contributed by atoms with Crippen LogP contribution in [-0.2, 0) is 6.18 Å². The van der Waals surface area contributed by atoms with Crippen molar-refractivity contribution in [2.45, 2.75) is 44.3 Å². The number of nitrogens with one attached hydrogen (secondary N) is 2. The number of aliphatic imine (C=N–C) groups is 1. The van der Waals surface area contributed by atoms with E-state index in [4.69, 9.17) is 0 Å². The van der Waals surface area contributed by atoms with Crippen molar-refractivity contribution in [2.75, 3.05) is 13.6 Å². The lowest BCUT2D eigenvalue weighted by atomic mass is 9.96. The Morgan fingerprint density at radius 2 is 2.00 bits per heavy atom. The quantitative estimate of drug-likeness (QED) is 0.492. The Bertz CT molecular complexity index is 620. The molecule has 0 aliphatic heterocycles. The number of hydrogen-bond acceptors (Lipinski definition) is 1. The van der Waals surface area contributed by atoms with Gasteiger partial charge >= 0.3 is 6.18 Å². The highest BCUT2D eigenvalue weighted by atomic mass is 19.4. The first-order valence-corrected chi connectivity index (χ1v) is 8.12. The lowest BCUT2D eigenvalue weighted by Crippen LogP contribution is -2.44. The molecule has 1 saturated carbocycles. The first-order chi connectivity index (χ1) is 11.5. The maximum Gasteiger partial charge on any atom is 0.416 e. The van der Waals surface area contributed by atoms with Crippen LogP contribution < -0.4 is 10.6 Å². The second kappa shape index (κ2) is 8.62. The number of rotatable bonds is 2. The summed E-state index contributed by atoms with van der Waals surface area (Å²) in [5.41, 5.74) is -0.334. The van der Waals surface area contributed by atoms with Crippen molar-refractivity contribution in [2.24, 2.45) is 4.99 Å². The molecular formula is C18H22F3N3. The zero-order valence-corrected chi connectivity index (χ0v) is 13.7. The molecule has 0 unspecified atom stereocenters. The minimum Gasteiger partial charge on any atom is -0.354 e. The molecule has 0 heterocycles. The summed E-state index contributed by atoms with van der Waals surface area (Å²) in [7, 11) is 1.69. The first-order valence-electron chi connectivity index (χ1n) is 8.12. The van der Waals surface area contributed by atoms with E-state index in [2.05, 4.69) is 27.5 Å². The molecule has 130 valence electrons. The van der Waals surface area contributed by atoms with Gasteiger partial charge in [-0.1, -0.05) is 37.2 Å². The summed E-state index contributed by atoms with van der Waals surface area (Å²) in [5.74, 6) is 6.26. The Kier molecular flexibility index (Phi) is 6.53. The lowest BCUT2D eigenvalue weighted by molar-refractivity contribution is -0.137. The molecular weight excluding hydrogens is 315 g/mol. The van der Waals surface area contributed by atoms with Crippen molar-refractivity contribution in [3.63, 3.8) is 0 Å². The monoisotopic (exact) mass is 337 g/mol. The molecule has 2 rings (SSSR count). The summed E-state index contributed by atoms with van der Waals surface area (Å²) < 4.78 is 37.9. The zero-order valence-electron chi connectivity index (χ0n) is 13.7. The van der Waals surface area contributed by atoms with E-state index >= 15 is 0 Å². The Morgan fingerprint density at radius 3 is 2.67 bits per heavy atom. The van der Waals surface area contributed by atoms with E-state index < -0.39 is 11.7 Å². The van der Waals surface area contributed by atoms with Crippen molar-refractivity contribution in [3.8, 4) is 11.8 Å². The fourth-order valence-corrected chi connectivity index (χ4v) is 2.68. The Labute approximate surface area is 140 Å². The highest BCUT2D eigenvalue weighted by molar-refractivity contribution is 5.80. The maximum absolute atomic E-state index is 12.6. The van der Waals surface area contributed by atoms with Gasteiger partial charge in [-0.05, 0) is 31.0 Å². The van der Waals surface area contributed by atoms with Gasteiger partial charge in [-0.2, -0.15) is 13.2 Å². The van der Waals surface area contributed by atoms with E-state index in [1.807, 2.05) is 0 Å². The topological polar surface area (TPSA) is 36.4 Å². The second-order valence-electron chi connectivity index (χ2n) is 5.79. The molecule has 2 N–H and O–H groups in total. The van der Waals surface area contributed by atoms with Gasteiger partial charge in [-0.15, -0.1) is 0 Å². The Balaban J connectivity index is 1.86. The summed E-state index contributed by atoms with van der Waals surface area (Å²) in [6.07, 6.45) is 1.66. The van der Waals surface area contributed by atoms with Crippen LogP contribution in [0.2, 0.25) is 0 Å². The van der Waals surface area contributed by atoms with E-state index in [0.717, 1.165) is 25.0 Å². The van der Waals surface area contributed by atoms with Gasteiger partial charge in [0.25, 0.3) is 0 Å². The third kappa shape index (κ3) is 5.80. The smallest absolute Gasteiger partial charge is 0.354 e. The molecule has 24 heavy (non-hydrogen) atoms. The van der Waals surface area contributed by atoms with Crippen molar-refractivity contribution < 1.29 is 13.2 Å². The number of hydrogen-bond donors (Lipinski definition) is 2. The number of benzene rings is 1.